The van der Waals surface area contributed by atoms with E-state index in [4.69, 9.17) is 5.11 Å². The lowest BCUT2D eigenvalue weighted by Gasteiger charge is -2.31. The molecule has 0 fully saturated rings. The van der Waals surface area contributed by atoms with Crippen LogP contribution in [0.4, 0.5) is 13.2 Å². The molecule has 0 saturated heterocycles. The quantitative estimate of drug-likeness (QED) is 0.873. The molecule has 2 unspecified atom stereocenters. The fourth-order valence-electron chi connectivity index (χ4n) is 2.15. The van der Waals surface area contributed by atoms with Crippen molar-refractivity contribution in [3.05, 3.63) is 35.4 Å². The van der Waals surface area contributed by atoms with Crippen molar-refractivity contribution in [2.24, 2.45) is 5.92 Å². The van der Waals surface area contributed by atoms with Crippen LogP contribution < -0.4 is 0 Å². The van der Waals surface area contributed by atoms with Crippen molar-refractivity contribution in [2.45, 2.75) is 38.5 Å². The van der Waals surface area contributed by atoms with Crippen LogP contribution in [0.1, 0.15) is 37.8 Å². The first-order valence-corrected chi connectivity index (χ1v) is 6.23. The number of aliphatic hydroxyl groups is 1. The zero-order chi connectivity index (χ0) is 15.6. The Morgan fingerprint density at radius 2 is 1.85 bits per heavy atom. The van der Waals surface area contributed by atoms with Crippen molar-refractivity contribution >= 4 is 5.97 Å². The molecule has 0 aliphatic carbocycles. The molecule has 0 saturated carbocycles. The van der Waals surface area contributed by atoms with E-state index in [2.05, 4.69) is 0 Å². The zero-order valence-electron chi connectivity index (χ0n) is 11.2. The molecule has 1 rings (SSSR count). The fourth-order valence-corrected chi connectivity index (χ4v) is 2.15. The van der Waals surface area contributed by atoms with E-state index >= 15 is 0 Å². The van der Waals surface area contributed by atoms with Gasteiger partial charge >= 0.3 is 12.1 Å². The van der Waals surface area contributed by atoms with Crippen LogP contribution in [0.15, 0.2) is 24.3 Å². The Labute approximate surface area is 115 Å². The van der Waals surface area contributed by atoms with Gasteiger partial charge in [-0.1, -0.05) is 25.5 Å². The maximum Gasteiger partial charge on any atom is 0.416 e. The highest BCUT2D eigenvalue weighted by Gasteiger charge is 2.40. The van der Waals surface area contributed by atoms with Crippen molar-refractivity contribution in [1.82, 2.24) is 0 Å². The summed E-state index contributed by atoms with van der Waals surface area (Å²) >= 11 is 0. The minimum atomic E-state index is -4.53. The van der Waals surface area contributed by atoms with Gasteiger partial charge in [-0.05, 0) is 31.0 Å². The summed E-state index contributed by atoms with van der Waals surface area (Å²) in [4.78, 5) is 11.2. The van der Waals surface area contributed by atoms with Crippen LogP contribution in [0.5, 0.6) is 0 Å². The Morgan fingerprint density at radius 3 is 2.30 bits per heavy atom. The molecule has 112 valence electrons. The second-order valence-corrected chi connectivity index (χ2v) is 4.91. The molecule has 0 spiro atoms. The normalized spacial score (nSPS) is 16.5. The summed E-state index contributed by atoms with van der Waals surface area (Å²) in [5.41, 5.74) is -2.81. The summed E-state index contributed by atoms with van der Waals surface area (Å²) < 4.78 is 38.0. The highest BCUT2D eigenvalue weighted by molar-refractivity contribution is 5.72. The highest BCUT2D eigenvalue weighted by atomic mass is 19.4. The molecule has 0 heterocycles. The summed E-state index contributed by atoms with van der Waals surface area (Å²) in [5.74, 6) is -2.38. The van der Waals surface area contributed by atoms with Crippen LogP contribution in [0, 0.1) is 5.92 Å². The number of rotatable bonds is 5. The first-order valence-electron chi connectivity index (χ1n) is 6.23. The Balaban J connectivity index is 3.23. The van der Waals surface area contributed by atoms with Crippen LogP contribution in [-0.4, -0.2) is 16.2 Å². The third kappa shape index (κ3) is 3.50. The molecule has 0 radical (unpaired) electrons. The molecule has 2 atom stereocenters. The number of benzene rings is 1. The zero-order valence-corrected chi connectivity index (χ0v) is 11.2. The van der Waals surface area contributed by atoms with Crippen LogP contribution in [0.25, 0.3) is 0 Å². The minimum Gasteiger partial charge on any atom is -0.481 e. The first-order chi connectivity index (χ1) is 9.10. The maximum atomic E-state index is 12.7. The lowest BCUT2D eigenvalue weighted by Crippen LogP contribution is -2.37. The van der Waals surface area contributed by atoms with Gasteiger partial charge in [0.05, 0.1) is 11.5 Å². The highest BCUT2D eigenvalue weighted by Crippen LogP contribution is 2.36. The van der Waals surface area contributed by atoms with Crippen LogP contribution in [0.2, 0.25) is 0 Å². The molecule has 6 heteroatoms. The van der Waals surface area contributed by atoms with Crippen molar-refractivity contribution in [1.29, 1.82) is 0 Å². The predicted octanol–water partition coefficient (Wildman–Crippen LogP) is 3.41. The van der Waals surface area contributed by atoms with E-state index in [0.29, 0.717) is 6.42 Å². The molecule has 3 nitrogen and oxygen atoms in total. The molecule has 1 aromatic carbocycles. The summed E-state index contributed by atoms with van der Waals surface area (Å²) in [5, 5.41) is 19.5. The Morgan fingerprint density at radius 1 is 1.30 bits per heavy atom. The van der Waals surface area contributed by atoms with Crippen molar-refractivity contribution < 1.29 is 28.2 Å². The summed E-state index contributed by atoms with van der Waals surface area (Å²) in [6, 6.07) is 4.15. The fraction of sp³-hybridized carbons (Fsp3) is 0.500. The van der Waals surface area contributed by atoms with Gasteiger partial charge in [-0.15, -0.1) is 0 Å². The summed E-state index contributed by atoms with van der Waals surface area (Å²) in [6.45, 7) is 2.98. The smallest absolute Gasteiger partial charge is 0.416 e. The molecule has 1 aromatic rings. The second-order valence-electron chi connectivity index (χ2n) is 4.91. The van der Waals surface area contributed by atoms with Gasteiger partial charge < -0.3 is 10.2 Å². The minimum absolute atomic E-state index is 0.0480. The van der Waals surface area contributed by atoms with E-state index in [-0.39, 0.29) is 12.0 Å². The van der Waals surface area contributed by atoms with E-state index in [9.17, 15) is 23.1 Å². The van der Waals surface area contributed by atoms with Gasteiger partial charge in [0.2, 0.25) is 0 Å². The Bertz CT molecular complexity index is 481. The number of carboxylic acids is 1. The molecule has 0 aromatic heterocycles. The third-order valence-electron chi connectivity index (χ3n) is 3.33. The molecular weight excluding hydrogens is 273 g/mol. The van der Waals surface area contributed by atoms with Crippen molar-refractivity contribution in [3.63, 3.8) is 0 Å². The lowest BCUT2D eigenvalue weighted by atomic mass is 9.80. The maximum absolute atomic E-state index is 12.7. The van der Waals surface area contributed by atoms with Gasteiger partial charge in [-0.2, -0.15) is 13.2 Å². The number of aliphatic carboxylic acids is 1. The summed E-state index contributed by atoms with van der Waals surface area (Å²) in [6.07, 6.45) is -3.85. The molecular formula is C14H17F3O3. The Hall–Kier alpha value is -1.56. The Kier molecular flexibility index (Phi) is 4.81. The first kappa shape index (κ1) is 16.5. The number of halogens is 3. The number of carboxylic acid groups (broad SMARTS) is 1. The molecule has 0 bridgehead atoms. The SMILES string of the molecule is CCCC(C(=O)O)C(C)(O)c1cccc(C(F)(F)F)c1. The lowest BCUT2D eigenvalue weighted by molar-refractivity contribution is -0.152. The van der Waals surface area contributed by atoms with Gasteiger partial charge in [0.15, 0.2) is 0 Å². The largest absolute Gasteiger partial charge is 0.481 e. The van der Waals surface area contributed by atoms with E-state index in [1.165, 1.54) is 13.0 Å². The van der Waals surface area contributed by atoms with Crippen molar-refractivity contribution in [3.8, 4) is 0 Å². The molecule has 20 heavy (non-hydrogen) atoms. The number of hydrogen-bond acceptors (Lipinski definition) is 2. The van der Waals surface area contributed by atoms with E-state index in [1.54, 1.807) is 6.92 Å². The monoisotopic (exact) mass is 290 g/mol. The third-order valence-corrected chi connectivity index (χ3v) is 3.33. The topological polar surface area (TPSA) is 57.5 Å². The average molecular weight is 290 g/mol. The van der Waals surface area contributed by atoms with Gasteiger partial charge in [0.1, 0.15) is 5.60 Å². The van der Waals surface area contributed by atoms with Gasteiger partial charge in [0, 0.05) is 0 Å². The molecule has 0 aliphatic rings. The average Bonchev–Trinajstić information content (AvgIpc) is 2.34. The van der Waals surface area contributed by atoms with Crippen molar-refractivity contribution in [2.75, 3.05) is 0 Å². The molecule has 0 amide bonds. The molecule has 2 N–H and O–H groups in total. The second kappa shape index (κ2) is 5.83. The number of carbonyl (C=O) groups is 1. The predicted molar refractivity (Wildman–Crippen MR) is 67.0 cm³/mol. The number of hydrogen-bond donors (Lipinski definition) is 2. The van der Waals surface area contributed by atoms with Gasteiger partial charge in [-0.3, -0.25) is 4.79 Å². The van der Waals surface area contributed by atoms with E-state index < -0.39 is 29.2 Å². The van der Waals surface area contributed by atoms with E-state index in [1.807, 2.05) is 0 Å². The van der Waals surface area contributed by atoms with E-state index in [0.717, 1.165) is 18.2 Å². The number of alkyl halides is 3. The van der Waals surface area contributed by atoms with Crippen LogP contribution in [0.3, 0.4) is 0 Å². The van der Waals surface area contributed by atoms with Gasteiger partial charge in [0.25, 0.3) is 0 Å². The standard InChI is InChI=1S/C14H17F3O3/c1-3-5-11(12(18)19)13(2,20)9-6-4-7-10(8-9)14(15,16)17/h4,6-8,11,20H,3,5H2,1-2H3,(H,18,19). The van der Waals surface area contributed by atoms with Crippen LogP contribution >= 0.6 is 0 Å². The van der Waals surface area contributed by atoms with Gasteiger partial charge in [-0.25, -0.2) is 0 Å². The van der Waals surface area contributed by atoms with Crippen LogP contribution in [-0.2, 0) is 16.6 Å². The summed E-state index contributed by atoms with van der Waals surface area (Å²) in [7, 11) is 0. The molecule has 0 aliphatic heterocycles.